The summed E-state index contributed by atoms with van der Waals surface area (Å²) in [6.45, 7) is 0. The molecule has 0 spiro atoms. The maximum atomic E-state index is 14.8. The van der Waals surface area contributed by atoms with Crippen LogP contribution in [-0.2, 0) is 0 Å². The molecule has 4 heterocycles. The largest absolute Gasteiger partial charge is 0.289 e. The molecule has 1 nitrogen and oxygen atoms in total. The minimum Gasteiger partial charge on any atom is -0.289 e. The molecule has 4 aromatic heterocycles. The van der Waals surface area contributed by atoms with Crippen LogP contribution in [0.5, 0.6) is 0 Å². The monoisotopic (exact) mass is 610 g/mol. The molecule has 0 atom stereocenters. The van der Waals surface area contributed by atoms with Crippen molar-refractivity contribution in [2.45, 2.75) is 0 Å². The average Bonchev–Trinajstić information content (AvgIpc) is 3.87. The predicted molar refractivity (Wildman–Crippen MR) is 185 cm³/mol. The van der Waals surface area contributed by atoms with Crippen molar-refractivity contribution in [3.63, 3.8) is 0 Å². The summed E-state index contributed by atoms with van der Waals surface area (Å²) in [7, 11) is 0. The van der Waals surface area contributed by atoms with Crippen molar-refractivity contribution < 1.29 is 4.79 Å². The normalized spacial score (nSPS) is 11.4. The Bertz CT molecular complexity index is 2050. The van der Waals surface area contributed by atoms with Crippen molar-refractivity contribution in [2.75, 3.05) is 0 Å². The Hall–Kier alpha value is -4.13. The Morgan fingerprint density at radius 2 is 0.857 bits per heavy atom. The van der Waals surface area contributed by atoms with E-state index in [2.05, 4.69) is 120 Å². The Morgan fingerprint density at radius 3 is 1.31 bits per heavy atom. The minimum absolute atomic E-state index is 0.0497. The van der Waals surface area contributed by atoms with E-state index in [0.717, 1.165) is 53.6 Å². The van der Waals surface area contributed by atoms with Gasteiger partial charge in [-0.3, -0.25) is 4.79 Å². The van der Waals surface area contributed by atoms with Gasteiger partial charge in [0.15, 0.2) is 5.78 Å². The van der Waals surface area contributed by atoms with Gasteiger partial charge in [0.05, 0.1) is 0 Å². The molecule has 8 aromatic rings. The van der Waals surface area contributed by atoms with Gasteiger partial charge in [0.25, 0.3) is 0 Å². The van der Waals surface area contributed by atoms with Crippen molar-refractivity contribution in [1.29, 1.82) is 0 Å². The molecule has 0 saturated heterocycles. The lowest BCUT2D eigenvalue weighted by molar-refractivity contribution is 0.104. The molecule has 0 fully saturated rings. The first-order chi connectivity index (χ1) is 20.7. The number of fused-ring (bicyclic) bond motifs is 2. The molecule has 4 aromatic carbocycles. The number of carbonyl (C=O) groups is 1. The van der Waals surface area contributed by atoms with Crippen LogP contribution >= 0.6 is 45.3 Å². The van der Waals surface area contributed by atoms with Crippen LogP contribution in [0.15, 0.2) is 132 Å². The zero-order valence-electron chi connectivity index (χ0n) is 22.2. The van der Waals surface area contributed by atoms with Gasteiger partial charge in [-0.25, -0.2) is 0 Å². The van der Waals surface area contributed by atoms with Crippen LogP contribution in [0.4, 0.5) is 0 Å². The summed E-state index contributed by atoms with van der Waals surface area (Å²) in [6.07, 6.45) is 0. The van der Waals surface area contributed by atoms with Gasteiger partial charge in [0, 0.05) is 51.5 Å². The maximum absolute atomic E-state index is 14.8. The van der Waals surface area contributed by atoms with Gasteiger partial charge in [0.2, 0.25) is 0 Å². The van der Waals surface area contributed by atoms with Crippen LogP contribution in [0.1, 0.15) is 15.9 Å². The molecular formula is C37H22OS4. The maximum Gasteiger partial charge on any atom is 0.194 e. The second-order valence-electron chi connectivity index (χ2n) is 10.0. The van der Waals surface area contributed by atoms with E-state index in [1.165, 1.54) is 19.5 Å². The smallest absolute Gasteiger partial charge is 0.194 e. The highest BCUT2D eigenvalue weighted by Gasteiger charge is 2.24. The van der Waals surface area contributed by atoms with Gasteiger partial charge in [0.1, 0.15) is 0 Å². The summed E-state index contributed by atoms with van der Waals surface area (Å²) in [6, 6.07) is 42.2. The summed E-state index contributed by atoms with van der Waals surface area (Å²) in [4.78, 5) is 22.0. The predicted octanol–water partition coefficient (Wildman–Crippen LogP) is 12.1. The first-order valence-corrected chi connectivity index (χ1v) is 17.0. The molecule has 0 aliphatic heterocycles. The van der Waals surface area contributed by atoms with E-state index in [-0.39, 0.29) is 5.78 Å². The van der Waals surface area contributed by atoms with E-state index in [9.17, 15) is 4.79 Å². The van der Waals surface area contributed by atoms with Gasteiger partial charge in [-0.2, -0.15) is 0 Å². The highest BCUT2D eigenvalue weighted by atomic mass is 32.1. The summed E-state index contributed by atoms with van der Waals surface area (Å²) in [5, 5.41) is 8.68. The van der Waals surface area contributed by atoms with Crippen LogP contribution in [-0.4, -0.2) is 5.78 Å². The van der Waals surface area contributed by atoms with E-state index in [4.69, 9.17) is 0 Å². The minimum atomic E-state index is 0.0497. The molecule has 0 bridgehead atoms. The highest BCUT2D eigenvalue weighted by molar-refractivity contribution is 7.24. The molecule has 42 heavy (non-hydrogen) atoms. The van der Waals surface area contributed by atoms with Crippen molar-refractivity contribution >= 4 is 72.7 Å². The highest BCUT2D eigenvalue weighted by Crippen LogP contribution is 2.44. The summed E-state index contributed by atoms with van der Waals surface area (Å²) >= 11 is 6.99. The van der Waals surface area contributed by atoms with Gasteiger partial charge < -0.3 is 0 Å². The Morgan fingerprint density at radius 1 is 0.405 bits per heavy atom. The third-order valence-corrected chi connectivity index (χ3v) is 11.9. The van der Waals surface area contributed by atoms with Gasteiger partial charge in [-0.05, 0) is 80.8 Å². The van der Waals surface area contributed by atoms with Crippen molar-refractivity contribution in [1.82, 2.24) is 0 Å². The molecule has 0 amide bonds. The van der Waals surface area contributed by atoms with E-state index < -0.39 is 0 Å². The molecule has 8 rings (SSSR count). The van der Waals surface area contributed by atoms with Crippen molar-refractivity contribution in [2.24, 2.45) is 0 Å². The Labute approximate surface area is 259 Å². The Balaban J connectivity index is 1.34. The molecule has 0 saturated carbocycles. The number of hydrogen-bond acceptors (Lipinski definition) is 5. The fraction of sp³-hybridized carbons (Fsp3) is 0. The van der Waals surface area contributed by atoms with E-state index in [0.29, 0.717) is 0 Å². The fourth-order valence-corrected chi connectivity index (χ4v) is 9.47. The summed E-state index contributed by atoms with van der Waals surface area (Å²) < 4.78 is 0. The topological polar surface area (TPSA) is 17.1 Å². The van der Waals surface area contributed by atoms with Crippen molar-refractivity contribution in [3.05, 3.63) is 143 Å². The molecule has 0 aliphatic rings. The summed E-state index contributed by atoms with van der Waals surface area (Å²) in [5.41, 5.74) is 3.49. The molecule has 0 unspecified atom stereocenters. The molecule has 0 radical (unpaired) electrons. The first-order valence-electron chi connectivity index (χ1n) is 13.6. The number of thiophene rings is 4. The lowest BCUT2D eigenvalue weighted by Crippen LogP contribution is -2.06. The number of rotatable bonds is 6. The van der Waals surface area contributed by atoms with Crippen LogP contribution in [0.2, 0.25) is 0 Å². The molecule has 200 valence electrons. The number of benzene rings is 4. The van der Waals surface area contributed by atoms with E-state index in [1.54, 1.807) is 45.3 Å². The van der Waals surface area contributed by atoms with Crippen LogP contribution in [0.25, 0.3) is 61.9 Å². The van der Waals surface area contributed by atoms with Crippen molar-refractivity contribution in [3.8, 4) is 40.4 Å². The molecular weight excluding hydrogens is 589 g/mol. The summed E-state index contributed by atoms with van der Waals surface area (Å²) in [5.74, 6) is 0.0497. The van der Waals surface area contributed by atoms with E-state index >= 15 is 0 Å². The third kappa shape index (κ3) is 4.37. The van der Waals surface area contributed by atoms with Gasteiger partial charge >= 0.3 is 0 Å². The SMILES string of the molecule is O=C(c1ccc2ccccc2c1-c1ccc(-c2cccs2)s1)c1ccc2ccccc2c1-c1ccc(-c2cccs2)s1. The van der Waals surface area contributed by atoms with E-state index in [1.807, 2.05) is 12.1 Å². The lowest BCUT2D eigenvalue weighted by Gasteiger charge is -2.15. The van der Waals surface area contributed by atoms with Crippen LogP contribution in [0.3, 0.4) is 0 Å². The molecule has 5 heteroatoms. The average molecular weight is 611 g/mol. The van der Waals surface area contributed by atoms with Gasteiger partial charge in [-0.1, -0.05) is 72.8 Å². The number of carbonyl (C=O) groups excluding carboxylic acids is 1. The zero-order valence-corrected chi connectivity index (χ0v) is 25.5. The van der Waals surface area contributed by atoms with Crippen LogP contribution < -0.4 is 0 Å². The molecule has 0 N–H and O–H groups in total. The number of hydrogen-bond donors (Lipinski definition) is 0. The third-order valence-electron chi connectivity index (χ3n) is 7.58. The molecule has 0 aliphatic carbocycles. The zero-order chi connectivity index (χ0) is 28.0. The number of ketones is 1. The quantitative estimate of drug-likeness (QED) is 0.171. The Kier molecular flexibility index (Phi) is 6.46. The second kappa shape index (κ2) is 10.6. The lowest BCUT2D eigenvalue weighted by atomic mass is 9.88. The fourth-order valence-electron chi connectivity index (χ4n) is 5.64. The van der Waals surface area contributed by atoms with Gasteiger partial charge in [-0.15, -0.1) is 45.3 Å². The standard InChI is InChI=1S/C37H22OS4/c38-37(27-15-13-23-7-1-3-9-25(23)35(27)33-19-17-31(41-33)29-11-5-21-39-29)28-16-14-24-8-2-4-10-26(24)36(28)34-20-18-32(42-34)30-12-6-22-40-30/h1-22H. The first kappa shape index (κ1) is 25.6. The van der Waals surface area contributed by atoms with Crippen LogP contribution in [0, 0.1) is 0 Å². The second-order valence-corrected chi connectivity index (χ2v) is 14.1.